The van der Waals surface area contributed by atoms with Crippen LogP contribution in [-0.2, 0) is 12.8 Å². The first-order valence-electron chi connectivity index (χ1n) is 5.34. The van der Waals surface area contributed by atoms with E-state index in [0.29, 0.717) is 6.04 Å². The Hall–Kier alpha value is -0.530. The Bertz CT molecular complexity index is 357. The lowest BCUT2D eigenvalue weighted by Gasteiger charge is -2.09. The second-order valence-electron chi connectivity index (χ2n) is 4.46. The van der Waals surface area contributed by atoms with E-state index < -0.39 is 0 Å². The van der Waals surface area contributed by atoms with Gasteiger partial charge in [0.2, 0.25) is 0 Å². The third-order valence-corrected chi connectivity index (χ3v) is 3.38. The smallest absolute Gasteiger partial charge is 0.0408 e. The van der Waals surface area contributed by atoms with Gasteiger partial charge in [-0.05, 0) is 48.9 Å². The predicted octanol–water partition coefficient (Wildman–Crippen LogP) is 2.56. The first-order valence-corrected chi connectivity index (χ1v) is 5.72. The van der Waals surface area contributed by atoms with E-state index in [9.17, 15) is 0 Å². The van der Waals surface area contributed by atoms with Crippen LogP contribution in [0.4, 0.5) is 0 Å². The fourth-order valence-electron chi connectivity index (χ4n) is 2.29. The Labute approximate surface area is 89.5 Å². The van der Waals surface area contributed by atoms with Gasteiger partial charge in [0.15, 0.2) is 0 Å². The molecule has 1 saturated carbocycles. The van der Waals surface area contributed by atoms with Crippen molar-refractivity contribution in [3.8, 4) is 0 Å². The van der Waals surface area contributed by atoms with Gasteiger partial charge in [-0.1, -0.05) is 17.7 Å². The maximum absolute atomic E-state index is 5.97. The van der Waals surface area contributed by atoms with Crippen molar-refractivity contribution in [3.63, 3.8) is 0 Å². The van der Waals surface area contributed by atoms with Crippen LogP contribution in [0.1, 0.15) is 24.0 Å². The Morgan fingerprint density at radius 3 is 2.64 bits per heavy atom. The fraction of sp³-hybridized carbons (Fsp3) is 0.500. The molecule has 1 aromatic carbocycles. The molecule has 2 aliphatic rings. The van der Waals surface area contributed by atoms with Crippen molar-refractivity contribution in [1.29, 1.82) is 0 Å². The molecule has 0 spiro atoms. The standard InChI is InChI=1S/C12H14ClN/c13-10-2-1-8-6-12(7-9(8)5-10)14-11-3-4-11/h1-2,5,11-12,14H,3-4,6-7H2. The van der Waals surface area contributed by atoms with E-state index in [2.05, 4.69) is 17.4 Å². The topological polar surface area (TPSA) is 12.0 Å². The molecular weight excluding hydrogens is 194 g/mol. The molecule has 0 aliphatic heterocycles. The maximum Gasteiger partial charge on any atom is 0.0408 e. The Kier molecular flexibility index (Phi) is 2.03. The van der Waals surface area contributed by atoms with E-state index in [1.54, 1.807) is 0 Å². The van der Waals surface area contributed by atoms with Crippen LogP contribution in [0.15, 0.2) is 18.2 Å². The van der Waals surface area contributed by atoms with Gasteiger partial charge in [0.25, 0.3) is 0 Å². The molecule has 0 radical (unpaired) electrons. The van der Waals surface area contributed by atoms with E-state index in [-0.39, 0.29) is 0 Å². The van der Waals surface area contributed by atoms with Gasteiger partial charge in [0, 0.05) is 17.1 Å². The maximum atomic E-state index is 5.97. The van der Waals surface area contributed by atoms with E-state index >= 15 is 0 Å². The Balaban J connectivity index is 1.75. The summed E-state index contributed by atoms with van der Waals surface area (Å²) in [5, 5.41) is 4.55. The molecule has 0 saturated heterocycles. The molecule has 14 heavy (non-hydrogen) atoms. The van der Waals surface area contributed by atoms with Gasteiger partial charge >= 0.3 is 0 Å². The van der Waals surface area contributed by atoms with Crippen molar-refractivity contribution < 1.29 is 0 Å². The summed E-state index contributed by atoms with van der Waals surface area (Å²) in [7, 11) is 0. The average molecular weight is 208 g/mol. The highest BCUT2D eigenvalue weighted by molar-refractivity contribution is 6.30. The van der Waals surface area contributed by atoms with Gasteiger partial charge in [-0.25, -0.2) is 0 Å². The first-order chi connectivity index (χ1) is 6.81. The summed E-state index contributed by atoms with van der Waals surface area (Å²) >= 11 is 5.97. The highest BCUT2D eigenvalue weighted by atomic mass is 35.5. The highest BCUT2D eigenvalue weighted by Gasteiger charge is 2.28. The monoisotopic (exact) mass is 207 g/mol. The molecule has 2 heteroatoms. The number of hydrogen-bond acceptors (Lipinski definition) is 1. The molecule has 1 atom stereocenters. The number of halogens is 1. The summed E-state index contributed by atoms with van der Waals surface area (Å²) in [4.78, 5) is 0. The molecular formula is C12H14ClN. The van der Waals surface area contributed by atoms with Gasteiger partial charge in [0.1, 0.15) is 0 Å². The lowest BCUT2D eigenvalue weighted by Crippen LogP contribution is -2.31. The van der Waals surface area contributed by atoms with Crippen LogP contribution in [0.5, 0.6) is 0 Å². The van der Waals surface area contributed by atoms with Crippen molar-refractivity contribution in [2.45, 2.75) is 37.8 Å². The van der Waals surface area contributed by atoms with Crippen LogP contribution in [0.25, 0.3) is 0 Å². The minimum absolute atomic E-state index is 0.663. The molecule has 0 heterocycles. The number of hydrogen-bond donors (Lipinski definition) is 1. The minimum Gasteiger partial charge on any atom is -0.311 e. The number of fused-ring (bicyclic) bond motifs is 1. The van der Waals surface area contributed by atoms with Gasteiger partial charge in [-0.3, -0.25) is 0 Å². The normalized spacial score (nSPS) is 25.1. The molecule has 0 aromatic heterocycles. The van der Waals surface area contributed by atoms with Gasteiger partial charge in [-0.15, -0.1) is 0 Å². The number of benzene rings is 1. The first kappa shape index (κ1) is 8.75. The summed E-state index contributed by atoms with van der Waals surface area (Å²) in [6.07, 6.45) is 5.08. The lowest BCUT2D eigenvalue weighted by atomic mass is 10.1. The van der Waals surface area contributed by atoms with Gasteiger partial charge in [0.05, 0.1) is 0 Å². The van der Waals surface area contributed by atoms with Gasteiger partial charge < -0.3 is 5.32 Å². The quantitative estimate of drug-likeness (QED) is 0.786. The van der Waals surface area contributed by atoms with Gasteiger partial charge in [-0.2, -0.15) is 0 Å². The third-order valence-electron chi connectivity index (χ3n) is 3.15. The molecule has 3 rings (SSSR count). The van der Waals surface area contributed by atoms with Crippen LogP contribution in [-0.4, -0.2) is 12.1 Å². The van der Waals surface area contributed by atoms with E-state index in [1.165, 1.54) is 30.4 Å². The van der Waals surface area contributed by atoms with E-state index in [4.69, 9.17) is 11.6 Å². The fourth-order valence-corrected chi connectivity index (χ4v) is 2.48. The second-order valence-corrected chi connectivity index (χ2v) is 4.90. The summed E-state index contributed by atoms with van der Waals surface area (Å²) < 4.78 is 0. The van der Waals surface area contributed by atoms with Crippen molar-refractivity contribution in [2.24, 2.45) is 0 Å². The minimum atomic E-state index is 0.663. The summed E-state index contributed by atoms with van der Waals surface area (Å²) in [5.74, 6) is 0. The number of nitrogens with one attached hydrogen (secondary N) is 1. The summed E-state index contributed by atoms with van der Waals surface area (Å²) in [5.41, 5.74) is 2.92. The largest absolute Gasteiger partial charge is 0.311 e. The predicted molar refractivity (Wildman–Crippen MR) is 58.8 cm³/mol. The van der Waals surface area contributed by atoms with Crippen LogP contribution in [0.2, 0.25) is 5.02 Å². The van der Waals surface area contributed by atoms with Crippen LogP contribution in [0.3, 0.4) is 0 Å². The second kappa shape index (κ2) is 3.25. The van der Waals surface area contributed by atoms with Crippen LogP contribution in [0, 0.1) is 0 Å². The van der Waals surface area contributed by atoms with Crippen LogP contribution >= 0.6 is 11.6 Å². The zero-order valence-corrected chi connectivity index (χ0v) is 8.85. The van der Waals surface area contributed by atoms with Crippen molar-refractivity contribution in [3.05, 3.63) is 34.3 Å². The van der Waals surface area contributed by atoms with Crippen LogP contribution < -0.4 is 5.32 Å². The number of rotatable bonds is 2. The highest BCUT2D eigenvalue weighted by Crippen LogP contribution is 2.28. The molecule has 0 bridgehead atoms. The van der Waals surface area contributed by atoms with Crippen molar-refractivity contribution >= 4 is 11.6 Å². The molecule has 1 aromatic rings. The molecule has 1 nitrogen and oxygen atoms in total. The lowest BCUT2D eigenvalue weighted by molar-refractivity contribution is 0.530. The zero-order valence-electron chi connectivity index (χ0n) is 8.09. The van der Waals surface area contributed by atoms with Crippen molar-refractivity contribution in [1.82, 2.24) is 5.32 Å². The Morgan fingerprint density at radius 1 is 1.07 bits per heavy atom. The summed E-state index contributed by atoms with van der Waals surface area (Å²) in [6, 6.07) is 7.76. The molecule has 0 amide bonds. The summed E-state index contributed by atoms with van der Waals surface area (Å²) in [6.45, 7) is 0. The molecule has 1 unspecified atom stereocenters. The molecule has 74 valence electrons. The molecule has 2 aliphatic carbocycles. The third kappa shape index (κ3) is 1.67. The Morgan fingerprint density at radius 2 is 1.86 bits per heavy atom. The zero-order chi connectivity index (χ0) is 9.54. The van der Waals surface area contributed by atoms with E-state index in [0.717, 1.165) is 17.5 Å². The average Bonchev–Trinajstić information content (AvgIpc) is 2.84. The van der Waals surface area contributed by atoms with E-state index in [1.807, 2.05) is 6.07 Å². The molecule has 1 fully saturated rings. The van der Waals surface area contributed by atoms with Crippen molar-refractivity contribution in [2.75, 3.05) is 0 Å². The molecule has 1 N–H and O–H groups in total. The SMILES string of the molecule is Clc1ccc2c(c1)CC(NC1CC1)C2.